The van der Waals surface area contributed by atoms with Gasteiger partial charge in [0, 0.05) is 12.6 Å². The van der Waals surface area contributed by atoms with Crippen LogP contribution in [0.3, 0.4) is 0 Å². The van der Waals surface area contributed by atoms with Crippen LogP contribution in [0.15, 0.2) is 0 Å². The zero-order chi connectivity index (χ0) is 11.4. The maximum atomic E-state index is 5.66. The van der Waals surface area contributed by atoms with Crippen molar-refractivity contribution < 1.29 is 4.74 Å². The Hall–Kier alpha value is -1.36. The minimum Gasteiger partial charge on any atom is -0.491 e. The van der Waals surface area contributed by atoms with Crippen molar-refractivity contribution in [2.24, 2.45) is 5.73 Å². The van der Waals surface area contributed by atoms with Crippen LogP contribution in [0.2, 0.25) is 0 Å². The lowest BCUT2D eigenvalue weighted by molar-refractivity contribution is 0.408. The molecular formula is C10H18N4O. The molecule has 15 heavy (non-hydrogen) atoms. The first-order valence-electron chi connectivity index (χ1n) is 4.93. The van der Waals surface area contributed by atoms with Gasteiger partial charge >= 0.3 is 0 Å². The SMILES string of the molecule is COc1c(C)nc(C)nc1NCC(C)N. The van der Waals surface area contributed by atoms with Gasteiger partial charge in [-0.1, -0.05) is 0 Å². The summed E-state index contributed by atoms with van der Waals surface area (Å²) in [6.45, 7) is 6.33. The molecule has 84 valence electrons. The predicted octanol–water partition coefficient (Wildman–Crippen LogP) is 0.861. The molecule has 0 bridgehead atoms. The highest BCUT2D eigenvalue weighted by molar-refractivity contribution is 5.52. The van der Waals surface area contributed by atoms with Gasteiger partial charge in [0.2, 0.25) is 0 Å². The van der Waals surface area contributed by atoms with E-state index in [2.05, 4.69) is 15.3 Å². The lowest BCUT2D eigenvalue weighted by Gasteiger charge is -2.13. The maximum Gasteiger partial charge on any atom is 0.182 e. The number of rotatable bonds is 4. The molecule has 1 rings (SSSR count). The normalized spacial score (nSPS) is 12.3. The molecule has 0 saturated carbocycles. The summed E-state index contributed by atoms with van der Waals surface area (Å²) >= 11 is 0. The third kappa shape index (κ3) is 3.06. The van der Waals surface area contributed by atoms with E-state index in [1.807, 2.05) is 20.8 Å². The number of nitrogens with one attached hydrogen (secondary N) is 1. The summed E-state index contributed by atoms with van der Waals surface area (Å²) in [5.74, 6) is 2.11. The third-order valence-corrected chi connectivity index (χ3v) is 1.94. The average Bonchev–Trinajstić information content (AvgIpc) is 2.13. The second kappa shape index (κ2) is 4.93. The van der Waals surface area contributed by atoms with Gasteiger partial charge in [0.25, 0.3) is 0 Å². The summed E-state index contributed by atoms with van der Waals surface area (Å²) in [4.78, 5) is 8.50. The second-order valence-electron chi connectivity index (χ2n) is 3.60. The van der Waals surface area contributed by atoms with Crippen molar-refractivity contribution in [1.29, 1.82) is 0 Å². The van der Waals surface area contributed by atoms with Crippen LogP contribution in [0.4, 0.5) is 5.82 Å². The Labute approximate surface area is 90.1 Å². The van der Waals surface area contributed by atoms with Gasteiger partial charge in [0.05, 0.1) is 12.8 Å². The van der Waals surface area contributed by atoms with Gasteiger partial charge in [-0.05, 0) is 20.8 Å². The Morgan fingerprint density at radius 1 is 1.40 bits per heavy atom. The molecule has 0 spiro atoms. The van der Waals surface area contributed by atoms with Crippen LogP contribution in [0.1, 0.15) is 18.4 Å². The van der Waals surface area contributed by atoms with Gasteiger partial charge < -0.3 is 15.8 Å². The molecule has 1 aromatic heterocycles. The zero-order valence-corrected chi connectivity index (χ0v) is 9.66. The Morgan fingerprint density at radius 2 is 2.07 bits per heavy atom. The van der Waals surface area contributed by atoms with Gasteiger partial charge in [-0.15, -0.1) is 0 Å². The monoisotopic (exact) mass is 210 g/mol. The molecule has 0 fully saturated rings. The molecule has 3 N–H and O–H groups in total. The summed E-state index contributed by atoms with van der Waals surface area (Å²) in [6.07, 6.45) is 0. The summed E-state index contributed by atoms with van der Waals surface area (Å²) < 4.78 is 5.24. The third-order valence-electron chi connectivity index (χ3n) is 1.94. The molecule has 0 saturated heterocycles. The van der Waals surface area contributed by atoms with Gasteiger partial charge in [0.1, 0.15) is 5.82 Å². The minimum atomic E-state index is 0.0743. The van der Waals surface area contributed by atoms with E-state index in [1.54, 1.807) is 7.11 Å². The Morgan fingerprint density at radius 3 is 2.60 bits per heavy atom. The van der Waals surface area contributed by atoms with E-state index in [9.17, 15) is 0 Å². The fourth-order valence-corrected chi connectivity index (χ4v) is 1.32. The van der Waals surface area contributed by atoms with Crippen LogP contribution in [0.5, 0.6) is 5.75 Å². The first kappa shape index (κ1) is 11.7. The summed E-state index contributed by atoms with van der Waals surface area (Å²) in [6, 6.07) is 0.0743. The Kier molecular flexibility index (Phi) is 3.85. The van der Waals surface area contributed by atoms with Crippen molar-refractivity contribution in [3.05, 3.63) is 11.5 Å². The number of nitrogens with two attached hydrogens (primary N) is 1. The molecule has 5 nitrogen and oxygen atoms in total. The molecule has 1 unspecified atom stereocenters. The molecule has 0 aliphatic carbocycles. The van der Waals surface area contributed by atoms with Crippen molar-refractivity contribution >= 4 is 5.82 Å². The van der Waals surface area contributed by atoms with E-state index < -0.39 is 0 Å². The van der Waals surface area contributed by atoms with E-state index in [1.165, 1.54) is 0 Å². The highest BCUT2D eigenvalue weighted by Gasteiger charge is 2.10. The lowest BCUT2D eigenvalue weighted by Crippen LogP contribution is -2.26. The molecule has 0 radical (unpaired) electrons. The number of aromatic nitrogens is 2. The second-order valence-corrected chi connectivity index (χ2v) is 3.60. The van der Waals surface area contributed by atoms with Crippen molar-refractivity contribution in [3.63, 3.8) is 0 Å². The van der Waals surface area contributed by atoms with Gasteiger partial charge in [-0.2, -0.15) is 0 Å². The zero-order valence-electron chi connectivity index (χ0n) is 9.66. The van der Waals surface area contributed by atoms with E-state index in [0.717, 1.165) is 11.5 Å². The maximum absolute atomic E-state index is 5.66. The molecule has 0 amide bonds. The molecule has 1 heterocycles. The standard InChI is InChI=1S/C10H18N4O/c1-6(11)5-12-10-9(15-4)7(2)13-8(3)14-10/h6H,5,11H2,1-4H3,(H,12,13,14). The molecule has 0 aliphatic heterocycles. The van der Waals surface area contributed by atoms with Gasteiger partial charge in [0.15, 0.2) is 11.6 Å². The topological polar surface area (TPSA) is 73.1 Å². The minimum absolute atomic E-state index is 0.0743. The quantitative estimate of drug-likeness (QED) is 0.771. The van der Waals surface area contributed by atoms with Crippen LogP contribution < -0.4 is 15.8 Å². The summed E-state index contributed by atoms with van der Waals surface area (Å²) in [5.41, 5.74) is 6.49. The number of nitrogens with zero attached hydrogens (tertiary/aromatic N) is 2. The summed E-state index contributed by atoms with van der Waals surface area (Å²) in [7, 11) is 1.61. The number of hydrogen-bond acceptors (Lipinski definition) is 5. The van der Waals surface area contributed by atoms with Gasteiger partial charge in [-0.25, -0.2) is 9.97 Å². The molecular weight excluding hydrogens is 192 g/mol. The summed E-state index contributed by atoms with van der Waals surface area (Å²) in [5, 5.41) is 3.14. The van der Waals surface area contributed by atoms with Crippen molar-refractivity contribution in [3.8, 4) is 5.75 Å². The number of anilines is 1. The van der Waals surface area contributed by atoms with Crippen molar-refractivity contribution in [2.45, 2.75) is 26.8 Å². The molecule has 0 aromatic carbocycles. The van der Waals surface area contributed by atoms with E-state index in [4.69, 9.17) is 10.5 Å². The number of ether oxygens (including phenoxy) is 1. The smallest absolute Gasteiger partial charge is 0.182 e. The van der Waals surface area contributed by atoms with E-state index in [0.29, 0.717) is 18.1 Å². The highest BCUT2D eigenvalue weighted by atomic mass is 16.5. The van der Waals surface area contributed by atoms with Crippen LogP contribution in [-0.2, 0) is 0 Å². The van der Waals surface area contributed by atoms with E-state index in [-0.39, 0.29) is 6.04 Å². The number of hydrogen-bond donors (Lipinski definition) is 2. The predicted molar refractivity (Wildman–Crippen MR) is 60.2 cm³/mol. The lowest BCUT2D eigenvalue weighted by atomic mass is 10.3. The molecule has 0 aliphatic rings. The Bertz CT molecular complexity index is 338. The fourth-order valence-electron chi connectivity index (χ4n) is 1.32. The van der Waals surface area contributed by atoms with Crippen molar-refractivity contribution in [2.75, 3.05) is 19.0 Å². The van der Waals surface area contributed by atoms with E-state index >= 15 is 0 Å². The Balaban J connectivity index is 2.93. The highest BCUT2D eigenvalue weighted by Crippen LogP contribution is 2.24. The molecule has 1 atom stereocenters. The number of methoxy groups -OCH3 is 1. The first-order valence-corrected chi connectivity index (χ1v) is 4.93. The van der Waals surface area contributed by atoms with Crippen LogP contribution in [-0.4, -0.2) is 29.7 Å². The fraction of sp³-hybridized carbons (Fsp3) is 0.600. The molecule has 5 heteroatoms. The van der Waals surface area contributed by atoms with Crippen molar-refractivity contribution in [1.82, 2.24) is 9.97 Å². The first-order chi connectivity index (χ1) is 7.04. The van der Waals surface area contributed by atoms with Gasteiger partial charge in [-0.3, -0.25) is 0 Å². The van der Waals surface area contributed by atoms with Crippen LogP contribution >= 0.6 is 0 Å². The largest absolute Gasteiger partial charge is 0.491 e. The number of aryl methyl sites for hydroxylation is 2. The molecule has 1 aromatic rings. The average molecular weight is 210 g/mol. The van der Waals surface area contributed by atoms with Crippen LogP contribution in [0, 0.1) is 13.8 Å². The van der Waals surface area contributed by atoms with Crippen LogP contribution in [0.25, 0.3) is 0 Å².